The standard InChI is InChI=1S/C17H23N3O3/c1-11(10-19-20-18)16(22)23-3-2-15(21)17-7-12-4-13(8-17)6-14(5-12)9-17/h12-14H,1-10H2. The lowest BCUT2D eigenvalue weighted by molar-refractivity contribution is -0.147. The van der Waals surface area contributed by atoms with Crippen LogP contribution in [0.15, 0.2) is 17.3 Å². The summed E-state index contributed by atoms with van der Waals surface area (Å²) in [6, 6.07) is 0. The second-order valence-corrected chi connectivity index (χ2v) is 7.50. The third-order valence-electron chi connectivity index (χ3n) is 5.81. The first-order valence-corrected chi connectivity index (χ1v) is 8.41. The minimum Gasteiger partial charge on any atom is -0.462 e. The quantitative estimate of drug-likeness (QED) is 0.236. The molecule has 0 radical (unpaired) electrons. The molecule has 6 nitrogen and oxygen atoms in total. The molecule has 6 heteroatoms. The van der Waals surface area contributed by atoms with Gasteiger partial charge in [0, 0.05) is 22.3 Å². The molecule has 0 aliphatic heterocycles. The van der Waals surface area contributed by atoms with Crippen molar-refractivity contribution in [2.75, 3.05) is 13.2 Å². The van der Waals surface area contributed by atoms with Gasteiger partial charge in [-0.3, -0.25) is 4.79 Å². The van der Waals surface area contributed by atoms with E-state index in [-0.39, 0.29) is 36.3 Å². The molecule has 4 aliphatic carbocycles. The highest BCUT2D eigenvalue weighted by molar-refractivity contribution is 5.89. The Bertz CT molecular complexity index is 542. The molecule has 4 bridgehead atoms. The summed E-state index contributed by atoms with van der Waals surface area (Å²) in [5.74, 6) is 1.88. The smallest absolute Gasteiger partial charge is 0.333 e. The van der Waals surface area contributed by atoms with E-state index in [1.54, 1.807) is 0 Å². The SMILES string of the molecule is C=C(CN=[N+]=[N-])C(=O)OCCC(=O)C12CC3CC(CC(C3)C1)C2. The number of Topliss-reactive ketones (excluding diaryl/α,β-unsaturated/α-hetero) is 1. The summed E-state index contributed by atoms with van der Waals surface area (Å²) in [6.45, 7) is 3.51. The summed E-state index contributed by atoms with van der Waals surface area (Å²) in [5, 5.41) is 3.28. The molecular formula is C17H23N3O3. The minimum absolute atomic E-state index is 0.0920. The van der Waals surface area contributed by atoms with Crippen molar-refractivity contribution < 1.29 is 14.3 Å². The minimum atomic E-state index is -0.587. The van der Waals surface area contributed by atoms with E-state index >= 15 is 0 Å². The van der Waals surface area contributed by atoms with Gasteiger partial charge in [0.25, 0.3) is 0 Å². The number of carbonyl (C=O) groups excluding carboxylic acids is 2. The van der Waals surface area contributed by atoms with Gasteiger partial charge in [0.2, 0.25) is 0 Å². The van der Waals surface area contributed by atoms with Gasteiger partial charge in [-0.1, -0.05) is 11.7 Å². The van der Waals surface area contributed by atoms with Gasteiger partial charge in [0.1, 0.15) is 5.78 Å². The summed E-state index contributed by atoms with van der Waals surface area (Å²) < 4.78 is 5.09. The summed E-state index contributed by atoms with van der Waals surface area (Å²) in [4.78, 5) is 27.0. The van der Waals surface area contributed by atoms with Crippen LogP contribution in [0.4, 0.5) is 0 Å². The lowest BCUT2D eigenvalue weighted by atomic mass is 9.48. The average molecular weight is 317 g/mol. The van der Waals surface area contributed by atoms with Crippen molar-refractivity contribution in [2.45, 2.75) is 44.9 Å². The van der Waals surface area contributed by atoms with Crippen LogP contribution in [0, 0.1) is 23.2 Å². The maximum atomic E-state index is 12.7. The highest BCUT2D eigenvalue weighted by atomic mass is 16.5. The molecule has 0 amide bonds. The van der Waals surface area contributed by atoms with Crippen LogP contribution in [0.25, 0.3) is 10.4 Å². The topological polar surface area (TPSA) is 92.1 Å². The van der Waals surface area contributed by atoms with Crippen LogP contribution in [0.2, 0.25) is 0 Å². The molecule has 0 heterocycles. The molecule has 0 unspecified atom stereocenters. The first-order chi connectivity index (χ1) is 11.0. The molecule has 0 aromatic carbocycles. The fourth-order valence-corrected chi connectivity index (χ4v) is 5.24. The second kappa shape index (κ2) is 6.36. The largest absolute Gasteiger partial charge is 0.462 e. The molecule has 23 heavy (non-hydrogen) atoms. The first-order valence-electron chi connectivity index (χ1n) is 8.41. The van der Waals surface area contributed by atoms with Crippen molar-refractivity contribution in [3.8, 4) is 0 Å². The molecule has 4 saturated carbocycles. The number of azide groups is 1. The van der Waals surface area contributed by atoms with Gasteiger partial charge in [-0.2, -0.15) is 0 Å². The van der Waals surface area contributed by atoms with Crippen molar-refractivity contribution in [2.24, 2.45) is 28.3 Å². The molecule has 0 atom stereocenters. The van der Waals surface area contributed by atoms with E-state index in [0.29, 0.717) is 0 Å². The molecule has 0 aromatic rings. The number of carbonyl (C=O) groups is 2. The molecule has 124 valence electrons. The Morgan fingerprint density at radius 3 is 2.26 bits per heavy atom. The second-order valence-electron chi connectivity index (χ2n) is 7.50. The highest BCUT2D eigenvalue weighted by Gasteiger charge is 2.53. The van der Waals surface area contributed by atoms with Crippen LogP contribution in [0.5, 0.6) is 0 Å². The fourth-order valence-electron chi connectivity index (χ4n) is 5.24. The van der Waals surface area contributed by atoms with Gasteiger partial charge in [-0.15, -0.1) is 0 Å². The van der Waals surface area contributed by atoms with Gasteiger partial charge in [0.15, 0.2) is 0 Å². The van der Waals surface area contributed by atoms with Gasteiger partial charge < -0.3 is 4.74 Å². The fraction of sp³-hybridized carbons (Fsp3) is 0.765. The maximum absolute atomic E-state index is 12.7. The van der Waals surface area contributed by atoms with Crippen LogP contribution in [-0.2, 0) is 14.3 Å². The number of nitrogens with zero attached hydrogens (tertiary/aromatic N) is 3. The van der Waals surface area contributed by atoms with Gasteiger partial charge >= 0.3 is 5.97 Å². The molecule has 4 rings (SSSR count). The maximum Gasteiger partial charge on any atom is 0.333 e. The van der Waals surface area contributed by atoms with E-state index in [9.17, 15) is 9.59 Å². The van der Waals surface area contributed by atoms with E-state index < -0.39 is 5.97 Å². The van der Waals surface area contributed by atoms with Crippen molar-refractivity contribution in [1.29, 1.82) is 0 Å². The summed E-state index contributed by atoms with van der Waals surface area (Å²) >= 11 is 0. The Hall–Kier alpha value is -1.81. The van der Waals surface area contributed by atoms with Crippen LogP contribution >= 0.6 is 0 Å². The summed E-state index contributed by atoms with van der Waals surface area (Å²) in [6.07, 6.45) is 7.31. The normalized spacial score (nSPS) is 33.8. The van der Waals surface area contributed by atoms with E-state index in [2.05, 4.69) is 16.6 Å². The van der Waals surface area contributed by atoms with Crippen molar-refractivity contribution in [3.05, 3.63) is 22.6 Å². The number of esters is 1. The Balaban J connectivity index is 1.49. The van der Waals surface area contributed by atoms with Crippen LogP contribution in [0.1, 0.15) is 44.9 Å². The zero-order valence-corrected chi connectivity index (χ0v) is 13.4. The number of ketones is 1. The lowest BCUT2D eigenvalue weighted by Gasteiger charge is -2.56. The zero-order chi connectivity index (χ0) is 16.4. The van der Waals surface area contributed by atoms with Crippen LogP contribution < -0.4 is 0 Å². The van der Waals surface area contributed by atoms with Gasteiger partial charge in [-0.25, -0.2) is 4.79 Å². The van der Waals surface area contributed by atoms with Crippen LogP contribution in [0.3, 0.4) is 0 Å². The van der Waals surface area contributed by atoms with Crippen molar-refractivity contribution in [3.63, 3.8) is 0 Å². The summed E-state index contributed by atoms with van der Waals surface area (Å²) in [7, 11) is 0. The predicted octanol–water partition coefficient (Wildman–Crippen LogP) is 3.57. The molecular weight excluding hydrogens is 294 g/mol. The monoisotopic (exact) mass is 317 g/mol. The van der Waals surface area contributed by atoms with E-state index in [4.69, 9.17) is 10.3 Å². The number of ether oxygens (including phenoxy) is 1. The number of hydrogen-bond donors (Lipinski definition) is 0. The van der Waals surface area contributed by atoms with Gasteiger partial charge in [0.05, 0.1) is 13.2 Å². The molecule has 4 aliphatic rings. The Kier molecular flexibility index (Phi) is 4.44. The third-order valence-corrected chi connectivity index (χ3v) is 5.81. The number of hydrogen-bond acceptors (Lipinski definition) is 4. The Morgan fingerprint density at radius 1 is 1.17 bits per heavy atom. The predicted molar refractivity (Wildman–Crippen MR) is 84.3 cm³/mol. The Morgan fingerprint density at radius 2 is 1.74 bits per heavy atom. The van der Waals surface area contributed by atoms with E-state index in [1.807, 2.05) is 0 Å². The zero-order valence-electron chi connectivity index (χ0n) is 13.4. The molecule has 0 aromatic heterocycles. The number of rotatable bonds is 7. The molecule has 0 spiro atoms. The molecule has 4 fully saturated rings. The third kappa shape index (κ3) is 3.27. The van der Waals surface area contributed by atoms with Crippen molar-refractivity contribution in [1.82, 2.24) is 0 Å². The molecule has 0 saturated heterocycles. The lowest BCUT2D eigenvalue weighted by Crippen LogP contribution is -2.50. The first kappa shape index (κ1) is 16.1. The van der Waals surface area contributed by atoms with Gasteiger partial charge in [-0.05, 0) is 61.8 Å². The highest BCUT2D eigenvalue weighted by Crippen LogP contribution is 2.60. The van der Waals surface area contributed by atoms with E-state index in [0.717, 1.165) is 37.0 Å². The summed E-state index contributed by atoms with van der Waals surface area (Å²) in [5.41, 5.74) is 8.20. The Labute approximate surface area is 135 Å². The molecule has 0 N–H and O–H groups in total. The average Bonchev–Trinajstić information content (AvgIpc) is 2.51. The van der Waals surface area contributed by atoms with Crippen molar-refractivity contribution >= 4 is 11.8 Å². The van der Waals surface area contributed by atoms with E-state index in [1.165, 1.54) is 19.3 Å². The van der Waals surface area contributed by atoms with Crippen LogP contribution in [-0.4, -0.2) is 24.9 Å².